The topological polar surface area (TPSA) is 46.2 Å². The molecule has 0 radical (unpaired) electrons. The van der Waals surface area contributed by atoms with Crippen molar-refractivity contribution in [2.24, 2.45) is 5.73 Å². The van der Waals surface area contributed by atoms with Crippen molar-refractivity contribution in [3.8, 4) is 0 Å². The maximum absolute atomic E-state index is 12.5. The zero-order valence-electron chi connectivity index (χ0n) is 10.1. The molecule has 1 saturated carbocycles. The highest BCUT2D eigenvalue weighted by molar-refractivity contribution is 5.34. The summed E-state index contributed by atoms with van der Waals surface area (Å²) in [5.41, 5.74) is 4.67. The van der Waals surface area contributed by atoms with Crippen molar-refractivity contribution in [2.45, 2.75) is 37.0 Å². The van der Waals surface area contributed by atoms with Crippen LogP contribution in [-0.2, 0) is 11.6 Å². The minimum Gasteiger partial charge on any atom is -0.390 e. The molecule has 0 spiro atoms. The Morgan fingerprint density at radius 1 is 1.22 bits per heavy atom. The van der Waals surface area contributed by atoms with Gasteiger partial charge in [0.2, 0.25) is 0 Å². The summed E-state index contributed by atoms with van der Waals surface area (Å²) in [4.78, 5) is 0. The Hall–Kier alpha value is -1.07. The van der Waals surface area contributed by atoms with E-state index in [9.17, 15) is 18.3 Å². The molecule has 0 heterocycles. The lowest BCUT2D eigenvalue weighted by Gasteiger charge is -2.52. The fourth-order valence-corrected chi connectivity index (χ4v) is 2.89. The third-order valence-electron chi connectivity index (χ3n) is 3.65. The van der Waals surface area contributed by atoms with Crippen LogP contribution in [0.15, 0.2) is 24.3 Å². The molecule has 1 aromatic rings. The Bertz CT molecular complexity index is 429. The normalized spacial score (nSPS) is 32.1. The maximum Gasteiger partial charge on any atom is 0.416 e. The molecule has 1 aliphatic carbocycles. The van der Waals surface area contributed by atoms with Crippen molar-refractivity contribution < 1.29 is 18.3 Å². The molecule has 1 fully saturated rings. The Balaban J connectivity index is 2.25. The molecule has 0 saturated heterocycles. The number of alkyl halides is 3. The molecule has 0 aliphatic heterocycles. The molecular formula is C13H16F3NO. The Morgan fingerprint density at radius 2 is 1.72 bits per heavy atom. The largest absolute Gasteiger partial charge is 0.416 e. The number of rotatable bonds is 2. The van der Waals surface area contributed by atoms with Crippen LogP contribution < -0.4 is 5.73 Å². The summed E-state index contributed by atoms with van der Waals surface area (Å²) >= 11 is 0. The second-order valence-corrected chi connectivity index (χ2v) is 5.41. The molecule has 18 heavy (non-hydrogen) atoms. The smallest absolute Gasteiger partial charge is 0.390 e. The zero-order chi connectivity index (χ0) is 13.6. The predicted octanol–water partition coefficient (Wildman–Crippen LogP) is 2.45. The standard InChI is InChI=1S/C13H16F3NO/c1-11(18)6-12(7-11,8-17)9-2-4-10(5-3-9)13(14,15)16/h2-5,18H,6-8,17H2,1H3. The maximum atomic E-state index is 12.5. The molecule has 0 amide bonds. The van der Waals surface area contributed by atoms with E-state index in [2.05, 4.69) is 0 Å². The first-order valence-corrected chi connectivity index (χ1v) is 5.79. The van der Waals surface area contributed by atoms with Gasteiger partial charge in [0.15, 0.2) is 0 Å². The first-order valence-electron chi connectivity index (χ1n) is 5.79. The molecule has 0 bridgehead atoms. The van der Waals surface area contributed by atoms with Gasteiger partial charge in [-0.1, -0.05) is 12.1 Å². The van der Waals surface area contributed by atoms with Crippen LogP contribution in [0.1, 0.15) is 30.9 Å². The van der Waals surface area contributed by atoms with Gasteiger partial charge in [0.05, 0.1) is 11.2 Å². The SMILES string of the molecule is CC1(O)CC(CN)(c2ccc(C(F)(F)F)cc2)C1. The molecule has 0 aromatic heterocycles. The van der Waals surface area contributed by atoms with E-state index < -0.39 is 17.3 Å². The Kier molecular flexibility index (Phi) is 2.94. The lowest BCUT2D eigenvalue weighted by Crippen LogP contribution is -2.56. The van der Waals surface area contributed by atoms with Gasteiger partial charge in [-0.05, 0) is 37.5 Å². The highest BCUT2D eigenvalue weighted by Crippen LogP contribution is 2.49. The van der Waals surface area contributed by atoms with E-state index in [4.69, 9.17) is 5.73 Å². The molecule has 2 rings (SSSR count). The molecule has 100 valence electrons. The van der Waals surface area contributed by atoms with E-state index in [0.717, 1.165) is 17.7 Å². The van der Waals surface area contributed by atoms with Gasteiger partial charge in [-0.25, -0.2) is 0 Å². The summed E-state index contributed by atoms with van der Waals surface area (Å²) in [6.45, 7) is 2.04. The van der Waals surface area contributed by atoms with Gasteiger partial charge >= 0.3 is 6.18 Å². The number of benzene rings is 1. The van der Waals surface area contributed by atoms with Crippen LogP contribution in [0.25, 0.3) is 0 Å². The fourth-order valence-electron chi connectivity index (χ4n) is 2.89. The van der Waals surface area contributed by atoms with E-state index in [1.54, 1.807) is 6.92 Å². The third-order valence-corrected chi connectivity index (χ3v) is 3.65. The lowest BCUT2D eigenvalue weighted by molar-refractivity contribution is -0.137. The van der Waals surface area contributed by atoms with Crippen molar-refractivity contribution in [1.82, 2.24) is 0 Å². The summed E-state index contributed by atoms with van der Waals surface area (Å²) in [6.07, 6.45) is -3.34. The van der Waals surface area contributed by atoms with Crippen molar-refractivity contribution in [1.29, 1.82) is 0 Å². The summed E-state index contributed by atoms with van der Waals surface area (Å²) < 4.78 is 37.4. The number of nitrogens with two attached hydrogens (primary N) is 1. The van der Waals surface area contributed by atoms with Gasteiger partial charge in [0, 0.05) is 12.0 Å². The second kappa shape index (κ2) is 3.96. The minimum atomic E-state index is -4.32. The molecule has 1 aliphatic rings. The average Bonchev–Trinajstić information content (AvgIpc) is 2.24. The van der Waals surface area contributed by atoms with Crippen LogP contribution in [-0.4, -0.2) is 17.3 Å². The van der Waals surface area contributed by atoms with Crippen molar-refractivity contribution in [3.05, 3.63) is 35.4 Å². The second-order valence-electron chi connectivity index (χ2n) is 5.41. The van der Waals surface area contributed by atoms with Crippen LogP contribution >= 0.6 is 0 Å². The van der Waals surface area contributed by atoms with Gasteiger partial charge in [0.25, 0.3) is 0 Å². The summed E-state index contributed by atoms with van der Waals surface area (Å²) in [5.74, 6) is 0. The number of hydrogen-bond donors (Lipinski definition) is 2. The van der Waals surface area contributed by atoms with Crippen molar-refractivity contribution >= 4 is 0 Å². The van der Waals surface area contributed by atoms with Crippen LogP contribution in [0.3, 0.4) is 0 Å². The lowest BCUT2D eigenvalue weighted by atomic mass is 9.57. The summed E-state index contributed by atoms with van der Waals surface area (Å²) in [6, 6.07) is 5.06. The monoisotopic (exact) mass is 259 g/mol. The molecule has 0 atom stereocenters. The number of hydrogen-bond acceptors (Lipinski definition) is 2. The zero-order valence-corrected chi connectivity index (χ0v) is 10.1. The average molecular weight is 259 g/mol. The van der Waals surface area contributed by atoms with Gasteiger partial charge in [-0.2, -0.15) is 13.2 Å². The third kappa shape index (κ3) is 2.24. The number of halogens is 3. The van der Waals surface area contributed by atoms with E-state index in [0.29, 0.717) is 19.4 Å². The predicted molar refractivity (Wildman–Crippen MR) is 62.0 cm³/mol. The van der Waals surface area contributed by atoms with Gasteiger partial charge < -0.3 is 10.8 Å². The van der Waals surface area contributed by atoms with E-state index in [1.807, 2.05) is 0 Å². The quantitative estimate of drug-likeness (QED) is 0.857. The fraction of sp³-hybridized carbons (Fsp3) is 0.538. The Labute approximate surface area is 104 Å². The molecule has 0 unspecified atom stereocenters. The highest BCUT2D eigenvalue weighted by atomic mass is 19.4. The highest BCUT2D eigenvalue weighted by Gasteiger charge is 2.51. The molecule has 3 N–H and O–H groups in total. The van der Waals surface area contributed by atoms with Crippen molar-refractivity contribution in [2.75, 3.05) is 6.54 Å². The molecule has 1 aromatic carbocycles. The molecule has 5 heteroatoms. The summed E-state index contributed by atoms with van der Waals surface area (Å²) in [5, 5.41) is 9.79. The van der Waals surface area contributed by atoms with E-state index in [-0.39, 0.29) is 5.41 Å². The van der Waals surface area contributed by atoms with E-state index >= 15 is 0 Å². The van der Waals surface area contributed by atoms with Gasteiger partial charge in [-0.3, -0.25) is 0 Å². The Morgan fingerprint density at radius 3 is 2.06 bits per heavy atom. The first-order chi connectivity index (χ1) is 8.19. The van der Waals surface area contributed by atoms with Crippen molar-refractivity contribution in [3.63, 3.8) is 0 Å². The summed E-state index contributed by atoms with van der Waals surface area (Å²) in [7, 11) is 0. The van der Waals surface area contributed by atoms with E-state index in [1.165, 1.54) is 12.1 Å². The van der Waals surface area contributed by atoms with Crippen LogP contribution in [0.5, 0.6) is 0 Å². The van der Waals surface area contributed by atoms with Crippen LogP contribution in [0.2, 0.25) is 0 Å². The van der Waals surface area contributed by atoms with Gasteiger partial charge in [-0.15, -0.1) is 0 Å². The first kappa shape index (κ1) is 13.4. The van der Waals surface area contributed by atoms with Gasteiger partial charge in [0.1, 0.15) is 0 Å². The van der Waals surface area contributed by atoms with Crippen LogP contribution in [0.4, 0.5) is 13.2 Å². The van der Waals surface area contributed by atoms with Crippen LogP contribution in [0, 0.1) is 0 Å². The minimum absolute atomic E-state index is 0.328. The molecular weight excluding hydrogens is 243 g/mol. The number of aliphatic hydroxyl groups is 1. The molecule has 2 nitrogen and oxygen atoms in total.